The fourth-order valence-electron chi connectivity index (χ4n) is 2.13. The van der Waals surface area contributed by atoms with Crippen molar-refractivity contribution < 1.29 is 19.4 Å². The van der Waals surface area contributed by atoms with Gasteiger partial charge in [-0.25, -0.2) is 4.79 Å². The molecule has 0 aliphatic heterocycles. The Bertz CT molecular complexity index is 379. The third-order valence-corrected chi connectivity index (χ3v) is 2.92. The van der Waals surface area contributed by atoms with Crippen LogP contribution in [-0.2, 0) is 9.53 Å². The topological polar surface area (TPSA) is 75.6 Å². The number of hydrogen-bond acceptors (Lipinski definition) is 3. The fourth-order valence-corrected chi connectivity index (χ4v) is 2.13. The summed E-state index contributed by atoms with van der Waals surface area (Å²) in [4.78, 5) is 22.4. The van der Waals surface area contributed by atoms with E-state index in [1.54, 1.807) is 0 Å². The molecule has 19 heavy (non-hydrogen) atoms. The van der Waals surface area contributed by atoms with E-state index in [2.05, 4.69) is 5.32 Å². The minimum absolute atomic E-state index is 0.0747. The molecule has 1 aliphatic carbocycles. The molecule has 0 aromatic carbocycles. The number of ether oxygens (including phenoxy) is 1. The molecule has 0 radical (unpaired) electrons. The molecule has 2 N–H and O–H groups in total. The van der Waals surface area contributed by atoms with Gasteiger partial charge in [0.2, 0.25) is 0 Å². The predicted octanol–water partition coefficient (Wildman–Crippen LogP) is 2.86. The zero-order valence-electron chi connectivity index (χ0n) is 11.9. The Morgan fingerprint density at radius 1 is 1.21 bits per heavy atom. The molecular formula is C14H23NO4. The van der Waals surface area contributed by atoms with Gasteiger partial charge in [-0.2, -0.15) is 0 Å². The van der Waals surface area contributed by atoms with Crippen molar-refractivity contribution in [2.45, 2.75) is 58.5 Å². The van der Waals surface area contributed by atoms with E-state index in [1.807, 2.05) is 20.8 Å². The zero-order valence-corrected chi connectivity index (χ0v) is 11.9. The van der Waals surface area contributed by atoms with Crippen molar-refractivity contribution in [3.63, 3.8) is 0 Å². The highest BCUT2D eigenvalue weighted by atomic mass is 16.6. The van der Waals surface area contributed by atoms with Crippen LogP contribution in [0.3, 0.4) is 0 Å². The molecule has 0 unspecified atom stereocenters. The van der Waals surface area contributed by atoms with Gasteiger partial charge in [0.15, 0.2) is 0 Å². The molecule has 0 fully saturated rings. The summed E-state index contributed by atoms with van der Waals surface area (Å²) in [6.45, 7) is 5.81. The van der Waals surface area contributed by atoms with Crippen molar-refractivity contribution in [1.82, 2.24) is 5.32 Å². The first kappa shape index (κ1) is 15.5. The number of amides is 1. The number of rotatable bonds is 4. The summed E-state index contributed by atoms with van der Waals surface area (Å²) < 4.78 is 5.16. The van der Waals surface area contributed by atoms with Gasteiger partial charge in [-0.3, -0.25) is 4.79 Å². The van der Waals surface area contributed by atoms with Crippen molar-refractivity contribution in [2.24, 2.45) is 0 Å². The van der Waals surface area contributed by atoms with Gasteiger partial charge in [-0.1, -0.05) is 11.1 Å². The molecule has 1 amide bonds. The van der Waals surface area contributed by atoms with E-state index in [-0.39, 0.29) is 6.42 Å². The monoisotopic (exact) mass is 269 g/mol. The van der Waals surface area contributed by atoms with Crippen LogP contribution in [0.1, 0.15) is 52.9 Å². The molecule has 0 saturated heterocycles. The van der Waals surface area contributed by atoms with Crippen LogP contribution in [0.2, 0.25) is 0 Å². The third kappa shape index (κ3) is 6.27. The fraction of sp³-hybridized carbons (Fsp3) is 0.714. The Balaban J connectivity index is 2.55. The molecule has 0 aromatic rings. The molecule has 0 spiro atoms. The quantitative estimate of drug-likeness (QED) is 0.769. The predicted molar refractivity (Wildman–Crippen MR) is 72.0 cm³/mol. The molecular weight excluding hydrogens is 246 g/mol. The van der Waals surface area contributed by atoms with Gasteiger partial charge in [0.25, 0.3) is 0 Å². The van der Waals surface area contributed by atoms with Crippen molar-refractivity contribution >= 4 is 12.1 Å². The van der Waals surface area contributed by atoms with Crippen LogP contribution in [-0.4, -0.2) is 29.3 Å². The van der Waals surface area contributed by atoms with Crippen LogP contribution in [0.25, 0.3) is 0 Å². The first-order valence-corrected chi connectivity index (χ1v) is 6.66. The second-order valence-electron chi connectivity index (χ2n) is 5.84. The van der Waals surface area contributed by atoms with Crippen LogP contribution in [0.4, 0.5) is 4.79 Å². The maximum atomic E-state index is 11.6. The van der Waals surface area contributed by atoms with E-state index in [0.717, 1.165) is 36.8 Å². The maximum Gasteiger partial charge on any atom is 0.407 e. The van der Waals surface area contributed by atoms with Crippen molar-refractivity contribution in [3.05, 3.63) is 11.1 Å². The van der Waals surface area contributed by atoms with Crippen molar-refractivity contribution in [1.29, 1.82) is 0 Å². The van der Waals surface area contributed by atoms with Gasteiger partial charge in [0, 0.05) is 6.54 Å². The van der Waals surface area contributed by atoms with Gasteiger partial charge < -0.3 is 15.2 Å². The van der Waals surface area contributed by atoms with Crippen LogP contribution in [0, 0.1) is 0 Å². The standard InChI is InChI=1S/C14H23NO4/c1-14(2,3)19-13(18)15-9-11-7-5-4-6-10(11)8-12(16)17/h4-9H2,1-3H3,(H,15,18)(H,16,17). The molecule has 1 aliphatic rings. The Morgan fingerprint density at radius 3 is 2.32 bits per heavy atom. The molecule has 1 rings (SSSR count). The molecule has 0 atom stereocenters. The first-order chi connectivity index (χ1) is 8.78. The number of nitrogens with one attached hydrogen (secondary N) is 1. The molecule has 0 heterocycles. The molecule has 0 aromatic heterocycles. The highest BCUT2D eigenvalue weighted by Gasteiger charge is 2.18. The molecule has 5 nitrogen and oxygen atoms in total. The van der Waals surface area contributed by atoms with Gasteiger partial charge in [-0.05, 0) is 46.5 Å². The Kier molecular flexibility index (Phi) is 5.39. The number of aliphatic carboxylic acids is 1. The van der Waals surface area contributed by atoms with E-state index >= 15 is 0 Å². The summed E-state index contributed by atoms with van der Waals surface area (Å²) in [6, 6.07) is 0. The lowest BCUT2D eigenvalue weighted by Gasteiger charge is -2.22. The van der Waals surface area contributed by atoms with Gasteiger partial charge >= 0.3 is 12.1 Å². The minimum atomic E-state index is -0.813. The van der Waals surface area contributed by atoms with Crippen molar-refractivity contribution in [2.75, 3.05) is 6.54 Å². The Labute approximate surface area is 114 Å². The number of carbonyl (C=O) groups is 2. The third-order valence-electron chi connectivity index (χ3n) is 2.92. The summed E-state index contributed by atoms with van der Waals surface area (Å²) in [5, 5.41) is 11.6. The second-order valence-corrected chi connectivity index (χ2v) is 5.84. The number of hydrogen-bond donors (Lipinski definition) is 2. The van der Waals surface area contributed by atoms with Gasteiger partial charge in [-0.15, -0.1) is 0 Å². The SMILES string of the molecule is CC(C)(C)OC(=O)NCC1=C(CC(=O)O)CCCC1. The van der Waals surface area contributed by atoms with Gasteiger partial charge in [0.1, 0.15) is 5.60 Å². The Morgan fingerprint density at radius 2 is 1.79 bits per heavy atom. The second kappa shape index (κ2) is 6.59. The van der Waals surface area contributed by atoms with Crippen LogP contribution >= 0.6 is 0 Å². The van der Waals surface area contributed by atoms with Crippen LogP contribution < -0.4 is 5.32 Å². The number of carboxylic acid groups (broad SMARTS) is 1. The lowest BCUT2D eigenvalue weighted by Crippen LogP contribution is -2.34. The summed E-state index contributed by atoms with van der Waals surface area (Å²) in [5.41, 5.74) is 1.48. The summed E-state index contributed by atoms with van der Waals surface area (Å²) in [6.07, 6.45) is 3.37. The van der Waals surface area contributed by atoms with E-state index in [0.29, 0.717) is 6.54 Å². The molecule has 0 saturated carbocycles. The van der Waals surface area contributed by atoms with Crippen LogP contribution in [0.5, 0.6) is 0 Å². The van der Waals surface area contributed by atoms with E-state index in [9.17, 15) is 9.59 Å². The average molecular weight is 269 g/mol. The lowest BCUT2D eigenvalue weighted by molar-refractivity contribution is -0.136. The minimum Gasteiger partial charge on any atom is -0.481 e. The highest BCUT2D eigenvalue weighted by Crippen LogP contribution is 2.26. The number of carbonyl (C=O) groups excluding carboxylic acids is 1. The van der Waals surface area contributed by atoms with Gasteiger partial charge in [0.05, 0.1) is 6.42 Å². The zero-order chi connectivity index (χ0) is 14.5. The highest BCUT2D eigenvalue weighted by molar-refractivity contribution is 5.71. The number of carboxylic acids is 1. The smallest absolute Gasteiger partial charge is 0.407 e. The summed E-state index contributed by atoms with van der Waals surface area (Å²) in [7, 11) is 0. The molecule has 5 heteroatoms. The maximum absolute atomic E-state index is 11.6. The molecule has 0 bridgehead atoms. The lowest BCUT2D eigenvalue weighted by atomic mass is 9.90. The van der Waals surface area contributed by atoms with Crippen LogP contribution in [0.15, 0.2) is 11.1 Å². The van der Waals surface area contributed by atoms with Crippen molar-refractivity contribution in [3.8, 4) is 0 Å². The summed E-state index contributed by atoms with van der Waals surface area (Å²) >= 11 is 0. The first-order valence-electron chi connectivity index (χ1n) is 6.66. The largest absolute Gasteiger partial charge is 0.481 e. The van der Waals surface area contributed by atoms with E-state index in [4.69, 9.17) is 9.84 Å². The summed E-state index contributed by atoms with van der Waals surface area (Å²) in [5.74, 6) is -0.813. The van der Waals surface area contributed by atoms with E-state index in [1.165, 1.54) is 0 Å². The van der Waals surface area contributed by atoms with E-state index < -0.39 is 17.7 Å². The average Bonchev–Trinajstić information content (AvgIpc) is 2.24. The number of alkyl carbamates (subject to hydrolysis) is 1. The Hall–Kier alpha value is -1.52. The molecule has 108 valence electrons. The normalized spacial score (nSPS) is 16.2.